The van der Waals surface area contributed by atoms with Crippen molar-refractivity contribution in [3.8, 4) is 0 Å². The molecule has 3 rings (SSSR count). The Balaban J connectivity index is 1.86. The Kier molecular flexibility index (Phi) is 4.17. The number of carbonyl (C=O) groups excluding carboxylic acids is 2. The van der Waals surface area contributed by atoms with Gasteiger partial charge in [0.15, 0.2) is 6.29 Å². The van der Waals surface area contributed by atoms with Crippen LogP contribution in [0.2, 0.25) is 5.02 Å². The van der Waals surface area contributed by atoms with Crippen molar-refractivity contribution in [3.63, 3.8) is 0 Å². The first-order valence-corrected chi connectivity index (χ1v) is 7.55. The monoisotopic (exact) mass is 326 g/mol. The smallest absolute Gasteiger partial charge is 0.244 e. The second-order valence-electron chi connectivity index (χ2n) is 5.41. The summed E-state index contributed by atoms with van der Waals surface area (Å²) in [6, 6.07) is 12.9. The molecule has 0 bridgehead atoms. The van der Waals surface area contributed by atoms with Crippen molar-refractivity contribution >= 4 is 40.4 Å². The highest BCUT2D eigenvalue weighted by molar-refractivity contribution is 6.31. The van der Waals surface area contributed by atoms with Crippen LogP contribution < -0.4 is 5.32 Å². The summed E-state index contributed by atoms with van der Waals surface area (Å²) in [5.41, 5.74) is 3.15. The van der Waals surface area contributed by atoms with Crippen molar-refractivity contribution in [2.45, 2.75) is 13.5 Å². The van der Waals surface area contributed by atoms with Gasteiger partial charge in [-0.3, -0.25) is 9.59 Å². The van der Waals surface area contributed by atoms with E-state index in [1.807, 2.05) is 37.3 Å². The van der Waals surface area contributed by atoms with Crippen LogP contribution in [0, 0.1) is 6.92 Å². The maximum atomic E-state index is 12.3. The van der Waals surface area contributed by atoms with E-state index < -0.39 is 0 Å². The molecule has 2 aromatic carbocycles. The van der Waals surface area contributed by atoms with Gasteiger partial charge in [0.1, 0.15) is 6.54 Å². The number of aldehydes is 1. The van der Waals surface area contributed by atoms with Gasteiger partial charge in [0.05, 0.1) is 0 Å². The lowest BCUT2D eigenvalue weighted by molar-refractivity contribution is -0.116. The Morgan fingerprint density at radius 1 is 1.26 bits per heavy atom. The van der Waals surface area contributed by atoms with Crippen LogP contribution in [-0.4, -0.2) is 16.8 Å². The second kappa shape index (κ2) is 6.26. The number of benzene rings is 2. The van der Waals surface area contributed by atoms with Gasteiger partial charge in [0, 0.05) is 33.4 Å². The van der Waals surface area contributed by atoms with Crippen molar-refractivity contribution in [1.82, 2.24) is 4.57 Å². The predicted molar refractivity (Wildman–Crippen MR) is 92.1 cm³/mol. The van der Waals surface area contributed by atoms with Gasteiger partial charge >= 0.3 is 0 Å². The van der Waals surface area contributed by atoms with Gasteiger partial charge in [0.2, 0.25) is 5.91 Å². The minimum Gasteiger partial charge on any atom is -0.337 e. The van der Waals surface area contributed by atoms with Crippen molar-refractivity contribution in [1.29, 1.82) is 0 Å². The number of amides is 1. The second-order valence-corrected chi connectivity index (χ2v) is 5.85. The minimum absolute atomic E-state index is 0.125. The molecule has 0 fully saturated rings. The molecule has 1 aromatic heterocycles. The summed E-state index contributed by atoms with van der Waals surface area (Å²) in [6.45, 7) is 2.09. The van der Waals surface area contributed by atoms with E-state index in [2.05, 4.69) is 5.32 Å². The van der Waals surface area contributed by atoms with Crippen LogP contribution >= 0.6 is 11.6 Å². The third-order valence-corrected chi connectivity index (χ3v) is 3.85. The number of aryl methyl sites for hydroxylation is 1. The number of nitrogens with one attached hydrogen (secondary N) is 1. The molecule has 0 unspecified atom stereocenters. The number of aromatic nitrogens is 1. The fourth-order valence-corrected chi connectivity index (χ4v) is 2.77. The maximum absolute atomic E-state index is 12.3. The highest BCUT2D eigenvalue weighted by atomic mass is 35.5. The van der Waals surface area contributed by atoms with E-state index in [-0.39, 0.29) is 12.5 Å². The molecular weight excluding hydrogens is 312 g/mol. The number of halogens is 1. The van der Waals surface area contributed by atoms with Gasteiger partial charge in [-0.2, -0.15) is 0 Å². The molecule has 3 aromatic rings. The summed E-state index contributed by atoms with van der Waals surface area (Å²) < 4.78 is 1.75. The normalized spacial score (nSPS) is 10.7. The first kappa shape index (κ1) is 15.3. The van der Waals surface area contributed by atoms with E-state index in [0.29, 0.717) is 10.6 Å². The summed E-state index contributed by atoms with van der Waals surface area (Å²) in [7, 11) is 0. The average molecular weight is 327 g/mol. The minimum atomic E-state index is -0.153. The zero-order valence-electron chi connectivity index (χ0n) is 12.5. The van der Waals surface area contributed by atoms with E-state index in [1.165, 1.54) is 0 Å². The van der Waals surface area contributed by atoms with Gasteiger partial charge < -0.3 is 9.88 Å². The summed E-state index contributed by atoms with van der Waals surface area (Å²) in [5.74, 6) is -0.153. The predicted octanol–water partition coefficient (Wildman–Crippen LogP) is 4.05. The summed E-state index contributed by atoms with van der Waals surface area (Å²) in [4.78, 5) is 23.5. The number of hydrogen-bond acceptors (Lipinski definition) is 2. The molecule has 23 heavy (non-hydrogen) atoms. The number of nitrogens with zero attached hydrogens (tertiary/aromatic N) is 1. The van der Waals surface area contributed by atoms with E-state index in [0.717, 1.165) is 28.4 Å². The molecule has 1 heterocycles. The summed E-state index contributed by atoms with van der Waals surface area (Å²) in [5, 5.41) is 4.16. The Morgan fingerprint density at radius 3 is 2.83 bits per heavy atom. The molecule has 116 valence electrons. The zero-order chi connectivity index (χ0) is 16.4. The van der Waals surface area contributed by atoms with Crippen molar-refractivity contribution in [3.05, 3.63) is 64.8 Å². The van der Waals surface area contributed by atoms with Crippen molar-refractivity contribution in [2.24, 2.45) is 0 Å². The lowest BCUT2D eigenvalue weighted by atomic mass is 10.2. The highest BCUT2D eigenvalue weighted by Crippen LogP contribution is 2.24. The average Bonchev–Trinajstić information content (AvgIpc) is 2.84. The van der Waals surface area contributed by atoms with Gasteiger partial charge in [-0.15, -0.1) is 0 Å². The van der Waals surface area contributed by atoms with Crippen molar-refractivity contribution in [2.75, 3.05) is 5.32 Å². The van der Waals surface area contributed by atoms with Crippen molar-refractivity contribution < 1.29 is 9.59 Å². The molecule has 0 aliphatic heterocycles. The SMILES string of the molecule is Cc1cccc(NC(=O)Cn2cc(C=O)c3cc(Cl)ccc32)c1. The summed E-state index contributed by atoms with van der Waals surface area (Å²) >= 11 is 5.98. The van der Waals surface area contributed by atoms with Crippen LogP contribution in [0.5, 0.6) is 0 Å². The molecule has 0 saturated carbocycles. The number of fused-ring (bicyclic) bond motifs is 1. The molecule has 0 saturated heterocycles. The molecule has 5 heteroatoms. The fraction of sp³-hybridized carbons (Fsp3) is 0.111. The molecule has 0 atom stereocenters. The quantitative estimate of drug-likeness (QED) is 0.735. The Hall–Kier alpha value is -2.59. The third-order valence-electron chi connectivity index (χ3n) is 3.62. The molecule has 4 nitrogen and oxygen atoms in total. The molecule has 1 amide bonds. The van der Waals surface area contributed by atoms with E-state index in [1.54, 1.807) is 22.9 Å². The molecule has 0 aliphatic rings. The van der Waals surface area contributed by atoms with Gasteiger partial charge in [0.25, 0.3) is 0 Å². The Labute approximate surface area is 138 Å². The molecule has 0 spiro atoms. The number of rotatable bonds is 4. The number of hydrogen-bond donors (Lipinski definition) is 1. The van der Waals surface area contributed by atoms with E-state index in [9.17, 15) is 9.59 Å². The molecular formula is C18H15ClN2O2. The first-order valence-electron chi connectivity index (χ1n) is 7.17. The molecule has 0 aliphatic carbocycles. The topological polar surface area (TPSA) is 51.1 Å². The van der Waals surface area contributed by atoms with Crippen LogP contribution in [-0.2, 0) is 11.3 Å². The molecule has 0 radical (unpaired) electrons. The first-order chi connectivity index (χ1) is 11.1. The summed E-state index contributed by atoms with van der Waals surface area (Å²) in [6.07, 6.45) is 2.44. The van der Waals surface area contributed by atoms with E-state index in [4.69, 9.17) is 11.6 Å². The highest BCUT2D eigenvalue weighted by Gasteiger charge is 2.11. The maximum Gasteiger partial charge on any atom is 0.244 e. The van der Waals surface area contributed by atoms with Crippen LogP contribution in [0.3, 0.4) is 0 Å². The van der Waals surface area contributed by atoms with Gasteiger partial charge in [-0.1, -0.05) is 23.7 Å². The van der Waals surface area contributed by atoms with Gasteiger partial charge in [-0.05, 0) is 42.8 Å². The lowest BCUT2D eigenvalue weighted by Crippen LogP contribution is -2.18. The van der Waals surface area contributed by atoms with Crippen LogP contribution in [0.25, 0.3) is 10.9 Å². The van der Waals surface area contributed by atoms with Crippen LogP contribution in [0.15, 0.2) is 48.7 Å². The van der Waals surface area contributed by atoms with Crippen LogP contribution in [0.1, 0.15) is 15.9 Å². The van der Waals surface area contributed by atoms with Gasteiger partial charge in [-0.25, -0.2) is 0 Å². The lowest BCUT2D eigenvalue weighted by Gasteiger charge is -2.08. The Morgan fingerprint density at radius 2 is 2.09 bits per heavy atom. The number of anilines is 1. The molecule has 1 N–H and O–H groups in total. The van der Waals surface area contributed by atoms with E-state index >= 15 is 0 Å². The fourth-order valence-electron chi connectivity index (χ4n) is 2.60. The standard InChI is InChI=1S/C18H15ClN2O2/c1-12-3-2-4-15(7-12)20-18(23)10-21-9-13(11-22)16-8-14(19)5-6-17(16)21/h2-9,11H,10H2,1H3,(H,20,23). The third kappa shape index (κ3) is 3.27. The Bertz CT molecular complexity index is 899. The number of carbonyl (C=O) groups is 2. The largest absolute Gasteiger partial charge is 0.337 e. The zero-order valence-corrected chi connectivity index (χ0v) is 13.3. The van der Waals surface area contributed by atoms with Crippen LogP contribution in [0.4, 0.5) is 5.69 Å².